The molecule has 0 saturated heterocycles. The van der Waals surface area contributed by atoms with Crippen LogP contribution < -0.4 is 0 Å². The first-order valence-electron chi connectivity index (χ1n) is 3.56. The van der Waals surface area contributed by atoms with Gasteiger partial charge in [0.25, 0.3) is 0 Å². The van der Waals surface area contributed by atoms with E-state index in [-0.39, 0.29) is 0 Å². The first kappa shape index (κ1) is 8.53. The maximum atomic E-state index is 10.3. The van der Waals surface area contributed by atoms with Gasteiger partial charge in [0.05, 0.1) is 5.69 Å². The highest BCUT2D eigenvalue weighted by atomic mass is 79.9. The SMILES string of the molecule is O=Cc1ccc(CCCBr)[nH]1. The number of hydrogen-bond acceptors (Lipinski definition) is 1. The molecular weight excluding hydrogens is 206 g/mol. The minimum Gasteiger partial charge on any atom is -0.356 e. The van der Waals surface area contributed by atoms with Gasteiger partial charge in [0.2, 0.25) is 0 Å². The minimum absolute atomic E-state index is 0.662. The van der Waals surface area contributed by atoms with E-state index in [0.717, 1.165) is 30.2 Å². The molecule has 0 spiro atoms. The third kappa shape index (κ3) is 2.50. The average Bonchev–Trinajstić information content (AvgIpc) is 2.48. The average molecular weight is 216 g/mol. The van der Waals surface area contributed by atoms with Crippen LogP contribution in [0.25, 0.3) is 0 Å². The molecule has 0 unspecified atom stereocenters. The second-order valence-corrected chi connectivity index (χ2v) is 3.14. The molecule has 1 aromatic rings. The van der Waals surface area contributed by atoms with Crippen molar-refractivity contribution in [2.45, 2.75) is 12.8 Å². The summed E-state index contributed by atoms with van der Waals surface area (Å²) in [5.41, 5.74) is 1.79. The van der Waals surface area contributed by atoms with E-state index in [2.05, 4.69) is 20.9 Å². The Morgan fingerprint density at radius 2 is 2.36 bits per heavy atom. The topological polar surface area (TPSA) is 32.9 Å². The van der Waals surface area contributed by atoms with Gasteiger partial charge in [-0.15, -0.1) is 0 Å². The van der Waals surface area contributed by atoms with Gasteiger partial charge in [-0.2, -0.15) is 0 Å². The summed E-state index contributed by atoms with van der Waals surface area (Å²) in [6, 6.07) is 3.75. The van der Waals surface area contributed by atoms with Gasteiger partial charge in [-0.1, -0.05) is 15.9 Å². The van der Waals surface area contributed by atoms with E-state index in [4.69, 9.17) is 0 Å². The number of aromatic nitrogens is 1. The molecule has 60 valence electrons. The van der Waals surface area contributed by atoms with Crippen molar-refractivity contribution in [3.8, 4) is 0 Å². The third-order valence-electron chi connectivity index (χ3n) is 1.48. The van der Waals surface area contributed by atoms with Gasteiger partial charge >= 0.3 is 0 Å². The van der Waals surface area contributed by atoms with Gasteiger partial charge in [0.15, 0.2) is 6.29 Å². The summed E-state index contributed by atoms with van der Waals surface area (Å²) in [6.07, 6.45) is 2.93. The van der Waals surface area contributed by atoms with Crippen molar-refractivity contribution in [2.75, 3.05) is 5.33 Å². The number of halogens is 1. The molecule has 0 aliphatic heterocycles. The number of hydrogen-bond donors (Lipinski definition) is 1. The zero-order valence-corrected chi connectivity index (χ0v) is 7.73. The molecule has 0 saturated carbocycles. The normalized spacial score (nSPS) is 9.91. The van der Waals surface area contributed by atoms with E-state index < -0.39 is 0 Å². The summed E-state index contributed by atoms with van der Waals surface area (Å²) < 4.78 is 0. The zero-order valence-electron chi connectivity index (χ0n) is 6.14. The largest absolute Gasteiger partial charge is 0.356 e. The number of carbonyl (C=O) groups excluding carboxylic acids is 1. The third-order valence-corrected chi connectivity index (χ3v) is 2.04. The summed E-state index contributed by atoms with van der Waals surface area (Å²) in [6.45, 7) is 0. The van der Waals surface area contributed by atoms with Gasteiger partial charge in [0, 0.05) is 11.0 Å². The highest BCUT2D eigenvalue weighted by Crippen LogP contribution is 2.03. The standard InChI is InChI=1S/C8H10BrNO/c9-5-1-2-7-3-4-8(6-11)10-7/h3-4,6,10H,1-2,5H2. The van der Waals surface area contributed by atoms with Gasteiger partial charge in [-0.25, -0.2) is 0 Å². The number of nitrogens with one attached hydrogen (secondary N) is 1. The van der Waals surface area contributed by atoms with Gasteiger partial charge in [0.1, 0.15) is 0 Å². The van der Waals surface area contributed by atoms with Crippen molar-refractivity contribution in [3.63, 3.8) is 0 Å². The van der Waals surface area contributed by atoms with E-state index in [1.54, 1.807) is 6.07 Å². The number of alkyl halides is 1. The van der Waals surface area contributed by atoms with E-state index in [9.17, 15) is 4.79 Å². The van der Waals surface area contributed by atoms with Crippen molar-refractivity contribution >= 4 is 22.2 Å². The fourth-order valence-electron chi connectivity index (χ4n) is 0.931. The lowest BCUT2D eigenvalue weighted by Gasteiger charge is -1.92. The lowest BCUT2D eigenvalue weighted by Crippen LogP contribution is -1.86. The van der Waals surface area contributed by atoms with Crippen molar-refractivity contribution < 1.29 is 4.79 Å². The molecule has 0 atom stereocenters. The lowest BCUT2D eigenvalue weighted by atomic mass is 10.3. The quantitative estimate of drug-likeness (QED) is 0.607. The molecule has 1 N–H and O–H groups in total. The maximum Gasteiger partial charge on any atom is 0.166 e. The van der Waals surface area contributed by atoms with Crippen molar-refractivity contribution in [1.29, 1.82) is 0 Å². The number of H-pyrrole nitrogens is 1. The Balaban J connectivity index is 2.51. The first-order chi connectivity index (χ1) is 5.36. The van der Waals surface area contributed by atoms with Gasteiger partial charge in [-0.3, -0.25) is 4.79 Å². The predicted octanol–water partition coefficient (Wildman–Crippen LogP) is 2.15. The highest BCUT2D eigenvalue weighted by molar-refractivity contribution is 9.09. The maximum absolute atomic E-state index is 10.3. The monoisotopic (exact) mass is 215 g/mol. The Morgan fingerprint density at radius 3 is 2.91 bits per heavy atom. The fourth-order valence-corrected chi connectivity index (χ4v) is 1.21. The van der Waals surface area contributed by atoms with Gasteiger partial charge in [-0.05, 0) is 25.0 Å². The summed E-state index contributed by atoms with van der Waals surface area (Å²) in [5, 5.41) is 1.00. The van der Waals surface area contributed by atoms with Crippen LogP contribution in [-0.2, 0) is 6.42 Å². The molecule has 1 aromatic heterocycles. The van der Waals surface area contributed by atoms with Crippen molar-refractivity contribution in [1.82, 2.24) is 4.98 Å². The lowest BCUT2D eigenvalue weighted by molar-refractivity contribution is 0.111. The summed E-state index contributed by atoms with van der Waals surface area (Å²) >= 11 is 3.35. The van der Waals surface area contributed by atoms with Crippen LogP contribution in [0.5, 0.6) is 0 Å². The molecular formula is C8H10BrNO. The number of aryl methyl sites for hydroxylation is 1. The number of rotatable bonds is 4. The highest BCUT2D eigenvalue weighted by Gasteiger charge is 1.95. The minimum atomic E-state index is 0.662. The van der Waals surface area contributed by atoms with Crippen LogP contribution in [0.15, 0.2) is 12.1 Å². The Kier molecular flexibility index (Phi) is 3.36. The Morgan fingerprint density at radius 1 is 1.55 bits per heavy atom. The van der Waals surface area contributed by atoms with E-state index in [0.29, 0.717) is 5.69 Å². The van der Waals surface area contributed by atoms with E-state index in [1.165, 1.54) is 0 Å². The number of aromatic amines is 1. The molecule has 0 fully saturated rings. The molecule has 1 rings (SSSR count). The molecule has 0 bridgehead atoms. The molecule has 2 nitrogen and oxygen atoms in total. The molecule has 11 heavy (non-hydrogen) atoms. The van der Waals surface area contributed by atoms with E-state index in [1.807, 2.05) is 6.07 Å². The summed E-state index contributed by atoms with van der Waals surface area (Å²) in [5.74, 6) is 0. The number of aldehydes is 1. The van der Waals surface area contributed by atoms with Gasteiger partial charge < -0.3 is 4.98 Å². The second-order valence-electron chi connectivity index (χ2n) is 2.35. The van der Waals surface area contributed by atoms with Crippen molar-refractivity contribution in [2.24, 2.45) is 0 Å². The number of carbonyl (C=O) groups is 1. The second kappa shape index (κ2) is 4.34. The predicted molar refractivity (Wildman–Crippen MR) is 48.3 cm³/mol. The zero-order chi connectivity index (χ0) is 8.10. The molecule has 3 heteroatoms. The Labute approximate surface area is 74.1 Å². The van der Waals surface area contributed by atoms with Crippen LogP contribution in [0.1, 0.15) is 22.6 Å². The molecule has 0 radical (unpaired) electrons. The van der Waals surface area contributed by atoms with Crippen LogP contribution >= 0.6 is 15.9 Å². The molecule has 0 aromatic carbocycles. The van der Waals surface area contributed by atoms with Crippen LogP contribution in [0.2, 0.25) is 0 Å². The fraction of sp³-hybridized carbons (Fsp3) is 0.375. The molecule has 0 aliphatic rings. The van der Waals surface area contributed by atoms with Crippen molar-refractivity contribution in [3.05, 3.63) is 23.5 Å². The van der Waals surface area contributed by atoms with Crippen LogP contribution in [0.4, 0.5) is 0 Å². The van der Waals surface area contributed by atoms with Crippen LogP contribution in [0, 0.1) is 0 Å². The van der Waals surface area contributed by atoms with Crippen LogP contribution in [0.3, 0.4) is 0 Å². The summed E-state index contributed by atoms with van der Waals surface area (Å²) in [7, 11) is 0. The van der Waals surface area contributed by atoms with E-state index >= 15 is 0 Å². The molecule has 0 amide bonds. The smallest absolute Gasteiger partial charge is 0.166 e. The molecule has 0 aliphatic carbocycles. The van der Waals surface area contributed by atoms with Crippen LogP contribution in [-0.4, -0.2) is 16.6 Å². The Bertz CT molecular complexity index is 232. The molecule has 1 heterocycles. The Hall–Kier alpha value is -0.570. The first-order valence-corrected chi connectivity index (χ1v) is 4.68. The summed E-state index contributed by atoms with van der Waals surface area (Å²) in [4.78, 5) is 13.3.